The minimum absolute atomic E-state index is 0.0137. The van der Waals surface area contributed by atoms with Crippen molar-refractivity contribution >= 4 is 23.5 Å². The Morgan fingerprint density at radius 2 is 2.00 bits per heavy atom. The summed E-state index contributed by atoms with van der Waals surface area (Å²) in [6, 6.07) is 15.7. The second kappa shape index (κ2) is 6.18. The van der Waals surface area contributed by atoms with Crippen molar-refractivity contribution < 1.29 is 9.18 Å². The van der Waals surface area contributed by atoms with Crippen LogP contribution in [0.3, 0.4) is 0 Å². The maximum atomic E-state index is 13.2. The molecule has 2 amide bonds. The molecule has 1 aliphatic rings. The van der Waals surface area contributed by atoms with Crippen LogP contribution in [0.5, 0.6) is 0 Å². The van der Waals surface area contributed by atoms with E-state index < -0.39 is 0 Å². The average molecular weight is 302 g/mol. The first-order valence-electron chi connectivity index (χ1n) is 6.74. The summed E-state index contributed by atoms with van der Waals surface area (Å²) in [6.45, 7) is 0.686. The lowest BCUT2D eigenvalue weighted by molar-refractivity contribution is 0.214. The molecule has 108 valence electrons. The summed E-state index contributed by atoms with van der Waals surface area (Å²) < 4.78 is 13.2. The van der Waals surface area contributed by atoms with Crippen LogP contribution >= 0.6 is 11.8 Å². The molecule has 0 saturated carbocycles. The summed E-state index contributed by atoms with van der Waals surface area (Å²) in [7, 11) is 0. The number of urea groups is 1. The lowest BCUT2D eigenvalue weighted by Crippen LogP contribution is -2.34. The van der Waals surface area contributed by atoms with Crippen molar-refractivity contribution in [3.63, 3.8) is 0 Å². The number of anilines is 1. The van der Waals surface area contributed by atoms with E-state index in [9.17, 15) is 9.18 Å². The second-order valence-corrected chi connectivity index (χ2v) is 5.96. The van der Waals surface area contributed by atoms with Gasteiger partial charge in [-0.25, -0.2) is 9.18 Å². The Hall–Kier alpha value is -2.01. The van der Waals surface area contributed by atoms with Crippen LogP contribution in [0.1, 0.15) is 10.9 Å². The third-order valence-electron chi connectivity index (χ3n) is 3.31. The summed E-state index contributed by atoms with van der Waals surface area (Å²) in [6.07, 6.45) is 0. The Kier molecular flexibility index (Phi) is 4.10. The van der Waals surface area contributed by atoms with Gasteiger partial charge in [-0.15, -0.1) is 11.8 Å². The molecular weight excluding hydrogens is 287 g/mol. The van der Waals surface area contributed by atoms with Gasteiger partial charge >= 0.3 is 6.03 Å². The van der Waals surface area contributed by atoms with Crippen LogP contribution in [0.25, 0.3) is 0 Å². The van der Waals surface area contributed by atoms with Gasteiger partial charge in [-0.05, 0) is 23.8 Å². The molecule has 0 bridgehead atoms. The summed E-state index contributed by atoms with van der Waals surface area (Å²) in [5.74, 6) is 0.541. The number of benzene rings is 2. The highest BCUT2D eigenvalue weighted by Crippen LogP contribution is 2.37. The Balaban J connectivity index is 1.74. The first-order chi connectivity index (χ1) is 10.2. The molecule has 1 fully saturated rings. The number of rotatable bonds is 2. The Labute approximate surface area is 127 Å². The third-order valence-corrected chi connectivity index (χ3v) is 4.57. The maximum absolute atomic E-state index is 13.2. The molecule has 5 heteroatoms. The van der Waals surface area contributed by atoms with Gasteiger partial charge in [0.1, 0.15) is 11.2 Å². The number of nitrogens with one attached hydrogen (secondary N) is 1. The number of carbonyl (C=O) groups excluding carboxylic acids is 1. The zero-order valence-electron chi connectivity index (χ0n) is 11.3. The third kappa shape index (κ3) is 3.19. The SMILES string of the molecule is O=C(Nc1cccc(F)c1)N1CCSC1c1ccccc1. The number of halogens is 1. The first kappa shape index (κ1) is 13.9. The van der Waals surface area contributed by atoms with Crippen molar-refractivity contribution in [1.29, 1.82) is 0 Å². The van der Waals surface area contributed by atoms with Crippen LogP contribution in [0, 0.1) is 5.82 Å². The van der Waals surface area contributed by atoms with Crippen LogP contribution in [0.15, 0.2) is 54.6 Å². The fraction of sp³-hybridized carbons (Fsp3) is 0.188. The second-order valence-electron chi connectivity index (χ2n) is 4.77. The first-order valence-corrected chi connectivity index (χ1v) is 7.78. The molecule has 1 heterocycles. The molecule has 0 aromatic heterocycles. The summed E-state index contributed by atoms with van der Waals surface area (Å²) >= 11 is 1.74. The van der Waals surface area contributed by atoms with Crippen molar-refractivity contribution in [1.82, 2.24) is 4.90 Å². The highest BCUT2D eigenvalue weighted by Gasteiger charge is 2.30. The molecule has 2 aromatic rings. The standard InChI is InChI=1S/C16H15FN2OS/c17-13-7-4-8-14(11-13)18-16(20)19-9-10-21-15(19)12-5-2-1-3-6-12/h1-8,11,15H,9-10H2,(H,18,20). The van der Waals surface area contributed by atoms with E-state index >= 15 is 0 Å². The van der Waals surface area contributed by atoms with Gasteiger partial charge in [0.05, 0.1) is 0 Å². The summed E-state index contributed by atoms with van der Waals surface area (Å²) in [4.78, 5) is 14.2. The van der Waals surface area contributed by atoms with E-state index in [0.29, 0.717) is 12.2 Å². The van der Waals surface area contributed by atoms with Gasteiger partial charge in [-0.1, -0.05) is 36.4 Å². The van der Waals surface area contributed by atoms with E-state index in [-0.39, 0.29) is 17.2 Å². The Morgan fingerprint density at radius 1 is 1.19 bits per heavy atom. The quantitative estimate of drug-likeness (QED) is 0.905. The number of hydrogen-bond acceptors (Lipinski definition) is 2. The molecule has 2 aromatic carbocycles. The van der Waals surface area contributed by atoms with Gasteiger partial charge in [-0.2, -0.15) is 0 Å². The van der Waals surface area contributed by atoms with E-state index in [0.717, 1.165) is 11.3 Å². The molecule has 0 radical (unpaired) electrons. The Morgan fingerprint density at radius 3 is 2.76 bits per heavy atom. The van der Waals surface area contributed by atoms with Crippen molar-refractivity contribution in [2.24, 2.45) is 0 Å². The van der Waals surface area contributed by atoms with Crippen molar-refractivity contribution in [2.45, 2.75) is 5.37 Å². The minimum atomic E-state index is -0.358. The summed E-state index contributed by atoms with van der Waals surface area (Å²) in [5.41, 5.74) is 1.58. The zero-order valence-corrected chi connectivity index (χ0v) is 12.1. The van der Waals surface area contributed by atoms with E-state index in [1.165, 1.54) is 12.1 Å². The maximum Gasteiger partial charge on any atom is 0.323 e. The minimum Gasteiger partial charge on any atom is -0.308 e. The normalized spacial score (nSPS) is 17.8. The van der Waals surface area contributed by atoms with E-state index in [1.54, 1.807) is 28.8 Å². The molecule has 1 N–H and O–H groups in total. The molecule has 21 heavy (non-hydrogen) atoms. The van der Waals surface area contributed by atoms with Crippen LogP contribution in [-0.4, -0.2) is 23.2 Å². The molecule has 1 saturated heterocycles. The zero-order chi connectivity index (χ0) is 14.7. The highest BCUT2D eigenvalue weighted by molar-refractivity contribution is 7.99. The molecule has 3 nitrogen and oxygen atoms in total. The van der Waals surface area contributed by atoms with E-state index in [1.807, 2.05) is 30.3 Å². The number of amides is 2. The number of hydrogen-bond donors (Lipinski definition) is 1. The fourth-order valence-electron chi connectivity index (χ4n) is 2.33. The van der Waals surface area contributed by atoms with Gasteiger partial charge in [0, 0.05) is 18.0 Å². The van der Waals surface area contributed by atoms with Crippen LogP contribution < -0.4 is 5.32 Å². The van der Waals surface area contributed by atoms with Crippen LogP contribution in [0.2, 0.25) is 0 Å². The van der Waals surface area contributed by atoms with Gasteiger partial charge < -0.3 is 10.2 Å². The number of carbonyl (C=O) groups is 1. The molecule has 1 aliphatic heterocycles. The van der Waals surface area contributed by atoms with Gasteiger partial charge in [0.2, 0.25) is 0 Å². The number of thioether (sulfide) groups is 1. The molecule has 1 atom stereocenters. The highest BCUT2D eigenvalue weighted by atomic mass is 32.2. The predicted octanol–water partition coefficient (Wildman–Crippen LogP) is 4.11. The van der Waals surface area contributed by atoms with E-state index in [4.69, 9.17) is 0 Å². The van der Waals surface area contributed by atoms with Crippen molar-refractivity contribution in [3.8, 4) is 0 Å². The average Bonchev–Trinajstić information content (AvgIpc) is 2.98. The number of nitrogens with zero attached hydrogens (tertiary/aromatic N) is 1. The van der Waals surface area contributed by atoms with Crippen molar-refractivity contribution in [3.05, 3.63) is 66.0 Å². The van der Waals surface area contributed by atoms with Crippen LogP contribution in [0.4, 0.5) is 14.9 Å². The smallest absolute Gasteiger partial charge is 0.308 e. The lowest BCUT2D eigenvalue weighted by atomic mass is 10.2. The largest absolute Gasteiger partial charge is 0.323 e. The monoisotopic (exact) mass is 302 g/mol. The predicted molar refractivity (Wildman–Crippen MR) is 83.8 cm³/mol. The molecule has 3 rings (SSSR count). The molecule has 1 unspecified atom stereocenters. The molecule has 0 spiro atoms. The van der Waals surface area contributed by atoms with Gasteiger partial charge in [0.15, 0.2) is 0 Å². The van der Waals surface area contributed by atoms with Gasteiger partial charge in [-0.3, -0.25) is 0 Å². The topological polar surface area (TPSA) is 32.3 Å². The molecular formula is C16H15FN2OS. The van der Waals surface area contributed by atoms with Gasteiger partial charge in [0.25, 0.3) is 0 Å². The Bertz CT molecular complexity index is 635. The van der Waals surface area contributed by atoms with Crippen molar-refractivity contribution in [2.75, 3.05) is 17.6 Å². The fourth-order valence-corrected chi connectivity index (χ4v) is 3.59. The molecule has 0 aliphatic carbocycles. The summed E-state index contributed by atoms with van der Waals surface area (Å²) in [5, 5.41) is 2.77. The lowest BCUT2D eigenvalue weighted by Gasteiger charge is -2.24. The van der Waals surface area contributed by atoms with E-state index in [2.05, 4.69) is 5.32 Å². The van der Waals surface area contributed by atoms with Crippen LogP contribution in [-0.2, 0) is 0 Å².